The normalized spacial score (nSPS) is 10.2. The van der Waals surface area contributed by atoms with Gasteiger partial charge in [0.25, 0.3) is 0 Å². The molecule has 0 spiro atoms. The lowest BCUT2D eigenvalue weighted by Crippen LogP contribution is -1.76. The third-order valence-corrected chi connectivity index (χ3v) is 1.26. The van der Waals surface area contributed by atoms with Gasteiger partial charge in [-0.1, -0.05) is 0 Å². The third-order valence-electron chi connectivity index (χ3n) is 1.26. The van der Waals surface area contributed by atoms with Crippen molar-refractivity contribution in [2.75, 3.05) is 0 Å². The van der Waals surface area contributed by atoms with Crippen LogP contribution < -0.4 is 0 Å². The second-order valence-electron chi connectivity index (χ2n) is 1.93. The van der Waals surface area contributed by atoms with Crippen LogP contribution in [0.3, 0.4) is 0 Å². The van der Waals surface area contributed by atoms with Gasteiger partial charge < -0.3 is 4.98 Å². The minimum absolute atomic E-state index is 0.250. The van der Waals surface area contributed by atoms with Gasteiger partial charge in [0.1, 0.15) is 11.8 Å². The number of fused-ring (bicyclic) bond motifs is 1. The second-order valence-corrected chi connectivity index (χ2v) is 1.93. The Bertz CT molecular complexity index is 358. The Labute approximate surface area is 61.2 Å². The van der Waals surface area contributed by atoms with Gasteiger partial charge in [0, 0.05) is 0 Å². The van der Waals surface area contributed by atoms with E-state index in [1.807, 2.05) is 0 Å². The number of nitrogens with one attached hydrogen (secondary N) is 2. The van der Waals surface area contributed by atoms with Crippen molar-refractivity contribution < 1.29 is 0 Å². The van der Waals surface area contributed by atoms with E-state index in [4.69, 9.17) is 5.53 Å². The molecule has 0 aliphatic rings. The highest BCUT2D eigenvalue weighted by Gasteiger charge is 1.99. The summed E-state index contributed by atoms with van der Waals surface area (Å²) < 4.78 is 0. The summed E-state index contributed by atoms with van der Waals surface area (Å²) in [5.74, 6) is 0.250. The zero-order valence-electron chi connectivity index (χ0n) is 5.44. The summed E-state index contributed by atoms with van der Waals surface area (Å²) in [4.78, 5) is 14.3. The molecule has 2 N–H and O–H groups in total. The molecule has 0 radical (unpaired) electrons. The Balaban J connectivity index is 2.78. The van der Waals surface area contributed by atoms with Crippen molar-refractivity contribution in [3.8, 4) is 0 Å². The summed E-state index contributed by atoms with van der Waals surface area (Å²) in [5, 5.41) is 3.12. The van der Waals surface area contributed by atoms with E-state index in [2.05, 4.69) is 25.1 Å². The molecule has 0 unspecified atom stereocenters. The van der Waals surface area contributed by atoms with Crippen LogP contribution in [0, 0.1) is 5.53 Å². The molecule has 0 aromatic carbocycles. The van der Waals surface area contributed by atoms with Crippen LogP contribution in [-0.2, 0) is 0 Å². The van der Waals surface area contributed by atoms with Gasteiger partial charge in [0.2, 0.25) is 5.95 Å². The molecule has 0 aliphatic heterocycles. The van der Waals surface area contributed by atoms with Crippen LogP contribution >= 0.6 is 0 Å². The van der Waals surface area contributed by atoms with Crippen molar-refractivity contribution in [3.63, 3.8) is 0 Å². The van der Waals surface area contributed by atoms with Gasteiger partial charge in [-0.05, 0) is 0 Å². The van der Waals surface area contributed by atoms with Crippen molar-refractivity contribution in [2.24, 2.45) is 5.11 Å². The molecule has 0 fully saturated rings. The summed E-state index contributed by atoms with van der Waals surface area (Å²) in [6, 6.07) is 0. The first-order chi connectivity index (χ1) is 5.40. The Kier molecular flexibility index (Phi) is 1.12. The molecule has 6 nitrogen and oxygen atoms in total. The highest BCUT2D eigenvalue weighted by molar-refractivity contribution is 5.70. The molecule has 0 amide bonds. The van der Waals surface area contributed by atoms with Gasteiger partial charge in [0.05, 0.1) is 6.20 Å². The standard InChI is InChI=1S/C5H4N6/c6-11-5-9-3-1-7-2-8-4(3)10-5/h1-2,6H,(H,7,8,9,10). The lowest BCUT2D eigenvalue weighted by Gasteiger charge is -1.79. The second kappa shape index (κ2) is 2.08. The van der Waals surface area contributed by atoms with Crippen LogP contribution in [0.5, 0.6) is 0 Å². The minimum atomic E-state index is 0.250. The number of H-pyrrole nitrogens is 1. The summed E-state index contributed by atoms with van der Waals surface area (Å²) in [7, 11) is 0. The molecule has 0 aliphatic carbocycles. The van der Waals surface area contributed by atoms with Crippen LogP contribution in [-0.4, -0.2) is 19.9 Å². The third kappa shape index (κ3) is 0.841. The fourth-order valence-electron chi connectivity index (χ4n) is 0.802. The SMILES string of the molecule is N=Nc1nc2ncncc2[nH]1. The Hall–Kier alpha value is -1.85. The van der Waals surface area contributed by atoms with E-state index in [0.29, 0.717) is 11.2 Å². The quantitative estimate of drug-likeness (QED) is 0.591. The summed E-state index contributed by atoms with van der Waals surface area (Å²) in [6.07, 6.45) is 2.99. The molecule has 0 bridgehead atoms. The smallest absolute Gasteiger partial charge is 0.248 e. The number of aromatic nitrogens is 4. The van der Waals surface area contributed by atoms with Crippen molar-refractivity contribution >= 4 is 17.1 Å². The van der Waals surface area contributed by atoms with E-state index in [9.17, 15) is 0 Å². The van der Waals surface area contributed by atoms with E-state index in [1.54, 1.807) is 6.20 Å². The molecule has 0 saturated heterocycles. The van der Waals surface area contributed by atoms with Gasteiger partial charge in [0.15, 0.2) is 5.65 Å². The average Bonchev–Trinajstić information content (AvgIpc) is 2.46. The maximum atomic E-state index is 6.66. The van der Waals surface area contributed by atoms with Crippen LogP contribution in [0.4, 0.5) is 5.95 Å². The first kappa shape index (κ1) is 5.90. The van der Waals surface area contributed by atoms with E-state index in [1.165, 1.54) is 6.33 Å². The number of nitrogens with zero attached hydrogens (tertiary/aromatic N) is 4. The molecule has 2 rings (SSSR count). The van der Waals surface area contributed by atoms with Crippen molar-refractivity contribution in [2.45, 2.75) is 0 Å². The summed E-state index contributed by atoms with van der Waals surface area (Å²) in [6.45, 7) is 0. The van der Waals surface area contributed by atoms with Gasteiger partial charge >= 0.3 is 0 Å². The number of rotatable bonds is 1. The Morgan fingerprint density at radius 3 is 3.18 bits per heavy atom. The van der Waals surface area contributed by atoms with Gasteiger partial charge in [-0.2, -0.15) is 4.98 Å². The van der Waals surface area contributed by atoms with Gasteiger partial charge in [-0.25, -0.2) is 15.5 Å². The molecule has 0 atom stereocenters. The molecule has 54 valence electrons. The van der Waals surface area contributed by atoms with E-state index >= 15 is 0 Å². The lowest BCUT2D eigenvalue weighted by atomic mass is 10.6. The van der Waals surface area contributed by atoms with Gasteiger partial charge in [-0.15, -0.1) is 5.11 Å². The Morgan fingerprint density at radius 2 is 2.45 bits per heavy atom. The van der Waals surface area contributed by atoms with Crippen LogP contribution in [0.1, 0.15) is 0 Å². The maximum absolute atomic E-state index is 6.66. The van der Waals surface area contributed by atoms with Crippen molar-refractivity contribution in [3.05, 3.63) is 12.5 Å². The highest BCUT2D eigenvalue weighted by Crippen LogP contribution is 2.10. The van der Waals surface area contributed by atoms with Crippen molar-refractivity contribution in [1.82, 2.24) is 19.9 Å². The molecule has 0 saturated carbocycles. The fraction of sp³-hybridized carbons (Fsp3) is 0. The zero-order chi connectivity index (χ0) is 7.68. The predicted octanol–water partition coefficient (Wildman–Crippen LogP) is 1.02. The number of hydrogen-bond donors (Lipinski definition) is 2. The maximum Gasteiger partial charge on any atom is 0.248 e. The first-order valence-electron chi connectivity index (χ1n) is 2.93. The van der Waals surface area contributed by atoms with Crippen LogP contribution in [0.2, 0.25) is 0 Å². The molecule has 2 heterocycles. The molecule has 11 heavy (non-hydrogen) atoms. The molecule has 2 aromatic rings. The molecular formula is C5H4N6. The van der Waals surface area contributed by atoms with Gasteiger partial charge in [-0.3, -0.25) is 0 Å². The van der Waals surface area contributed by atoms with E-state index in [0.717, 1.165) is 0 Å². The number of aromatic amines is 1. The van der Waals surface area contributed by atoms with Crippen molar-refractivity contribution in [1.29, 1.82) is 5.53 Å². The summed E-state index contributed by atoms with van der Waals surface area (Å²) >= 11 is 0. The average molecular weight is 148 g/mol. The topological polar surface area (TPSA) is 90.7 Å². The first-order valence-corrected chi connectivity index (χ1v) is 2.93. The Morgan fingerprint density at radius 1 is 1.55 bits per heavy atom. The minimum Gasteiger partial charge on any atom is -0.318 e. The van der Waals surface area contributed by atoms with Crippen LogP contribution in [0.15, 0.2) is 17.6 Å². The summed E-state index contributed by atoms with van der Waals surface area (Å²) in [5.41, 5.74) is 7.89. The molecular weight excluding hydrogens is 144 g/mol. The largest absolute Gasteiger partial charge is 0.318 e. The molecule has 2 aromatic heterocycles. The lowest BCUT2D eigenvalue weighted by molar-refractivity contribution is 1.07. The number of imidazole rings is 1. The van der Waals surface area contributed by atoms with Crippen LogP contribution in [0.25, 0.3) is 11.2 Å². The monoisotopic (exact) mass is 148 g/mol. The highest BCUT2D eigenvalue weighted by atomic mass is 15.2. The van der Waals surface area contributed by atoms with E-state index in [-0.39, 0.29) is 5.95 Å². The van der Waals surface area contributed by atoms with E-state index < -0.39 is 0 Å². The molecule has 6 heteroatoms. The predicted molar refractivity (Wildman–Crippen MR) is 36.5 cm³/mol. The fourth-order valence-corrected chi connectivity index (χ4v) is 0.802. The number of hydrogen-bond acceptors (Lipinski definition) is 5. The zero-order valence-corrected chi connectivity index (χ0v) is 5.44.